The first-order chi connectivity index (χ1) is 10.5. The fourth-order valence-corrected chi connectivity index (χ4v) is 2.47. The van der Waals surface area contributed by atoms with Gasteiger partial charge in [0.1, 0.15) is 8.07 Å². The third-order valence-electron chi connectivity index (χ3n) is 3.03. The van der Waals surface area contributed by atoms with Crippen molar-refractivity contribution in [2.45, 2.75) is 19.6 Å². The average molecular weight is 304 g/mol. The van der Waals surface area contributed by atoms with Crippen molar-refractivity contribution in [2.24, 2.45) is 0 Å². The lowest BCUT2D eigenvalue weighted by molar-refractivity contribution is 0.105. The number of Topliss-reactive ketones (excluding diaryl/α,β-unsaturated/α-hetero) is 1. The minimum absolute atomic E-state index is 0.0108. The molecule has 0 aromatic heterocycles. The predicted molar refractivity (Wildman–Crippen MR) is 96.3 cm³/mol. The van der Waals surface area contributed by atoms with Gasteiger partial charge in [0.05, 0.1) is 0 Å². The lowest BCUT2D eigenvalue weighted by Crippen LogP contribution is -2.16. The van der Waals surface area contributed by atoms with E-state index >= 15 is 0 Å². The maximum atomic E-state index is 12.8. The molecule has 0 atom stereocenters. The standard InChI is InChI=1S/C20H20OSi/c1-22(2,3)16-10-15-19(17-11-6-4-7-12-17)20(21)18-13-8-5-9-14-18/h4-9,11-15H,1-3H3/b19-15+. The normalized spacial score (nSPS) is 11.5. The van der Waals surface area contributed by atoms with Gasteiger partial charge in [0, 0.05) is 11.1 Å². The van der Waals surface area contributed by atoms with Crippen molar-refractivity contribution in [3.8, 4) is 11.5 Å². The zero-order valence-corrected chi connectivity index (χ0v) is 14.3. The number of ketones is 1. The molecule has 110 valence electrons. The highest BCUT2D eigenvalue weighted by molar-refractivity contribution is 6.83. The Hall–Kier alpha value is -2.37. The molecule has 0 unspecified atom stereocenters. The summed E-state index contributed by atoms with van der Waals surface area (Å²) in [7, 11) is -1.46. The fourth-order valence-electron chi connectivity index (χ4n) is 1.97. The van der Waals surface area contributed by atoms with Crippen LogP contribution in [0, 0.1) is 11.5 Å². The van der Waals surface area contributed by atoms with Gasteiger partial charge in [-0.15, -0.1) is 5.54 Å². The third kappa shape index (κ3) is 4.58. The van der Waals surface area contributed by atoms with Crippen molar-refractivity contribution in [1.82, 2.24) is 0 Å². The Morgan fingerprint density at radius 2 is 1.36 bits per heavy atom. The van der Waals surface area contributed by atoms with Crippen LogP contribution in [0.15, 0.2) is 66.7 Å². The van der Waals surface area contributed by atoms with Crippen LogP contribution in [0.25, 0.3) is 5.57 Å². The number of allylic oxidation sites excluding steroid dienone is 2. The summed E-state index contributed by atoms with van der Waals surface area (Å²) in [6.07, 6.45) is 1.77. The molecule has 0 aliphatic rings. The minimum atomic E-state index is -1.46. The van der Waals surface area contributed by atoms with Gasteiger partial charge in [-0.25, -0.2) is 0 Å². The Balaban J connectivity index is 2.45. The number of carbonyl (C=O) groups is 1. The second-order valence-electron chi connectivity index (χ2n) is 6.14. The van der Waals surface area contributed by atoms with Crippen LogP contribution in [0.1, 0.15) is 15.9 Å². The van der Waals surface area contributed by atoms with Crippen molar-refractivity contribution in [1.29, 1.82) is 0 Å². The summed E-state index contributed by atoms with van der Waals surface area (Å²) >= 11 is 0. The topological polar surface area (TPSA) is 17.1 Å². The SMILES string of the molecule is C[Si](C)(C)C#C/C=C(/C(=O)c1ccccc1)c1ccccc1. The van der Waals surface area contributed by atoms with E-state index in [4.69, 9.17) is 0 Å². The molecule has 0 aliphatic carbocycles. The molecule has 0 heterocycles. The molecular formula is C20H20OSi. The molecule has 0 fully saturated rings. The van der Waals surface area contributed by atoms with Crippen LogP contribution in [-0.2, 0) is 0 Å². The van der Waals surface area contributed by atoms with E-state index in [-0.39, 0.29) is 5.78 Å². The number of rotatable bonds is 3. The highest BCUT2D eigenvalue weighted by atomic mass is 28.3. The first kappa shape index (κ1) is 16.0. The summed E-state index contributed by atoms with van der Waals surface area (Å²) in [5.41, 5.74) is 5.53. The molecule has 1 nitrogen and oxygen atoms in total. The lowest BCUT2D eigenvalue weighted by atomic mass is 9.96. The fraction of sp³-hybridized carbons (Fsp3) is 0.150. The van der Waals surface area contributed by atoms with E-state index < -0.39 is 8.07 Å². The van der Waals surface area contributed by atoms with E-state index in [1.165, 1.54) is 0 Å². The molecule has 2 aromatic rings. The summed E-state index contributed by atoms with van der Waals surface area (Å²) in [5.74, 6) is 3.11. The molecule has 0 radical (unpaired) electrons. The zero-order chi connectivity index (χ0) is 16.0. The lowest BCUT2D eigenvalue weighted by Gasteiger charge is -2.06. The van der Waals surface area contributed by atoms with Gasteiger partial charge in [-0.2, -0.15) is 0 Å². The second kappa shape index (κ2) is 7.06. The Morgan fingerprint density at radius 3 is 1.86 bits per heavy atom. The molecular weight excluding hydrogens is 284 g/mol. The number of hydrogen-bond acceptors (Lipinski definition) is 1. The summed E-state index contributed by atoms with van der Waals surface area (Å²) in [4.78, 5) is 12.8. The molecule has 0 bridgehead atoms. The van der Waals surface area contributed by atoms with Crippen LogP contribution in [-0.4, -0.2) is 13.9 Å². The Kier molecular flexibility index (Phi) is 5.14. The maximum absolute atomic E-state index is 12.8. The van der Waals surface area contributed by atoms with Gasteiger partial charge in [-0.1, -0.05) is 86.2 Å². The molecule has 0 aliphatic heterocycles. The third-order valence-corrected chi connectivity index (χ3v) is 3.92. The molecule has 2 aromatic carbocycles. The molecule has 0 saturated heterocycles. The summed E-state index contributed by atoms with van der Waals surface area (Å²) in [5, 5.41) is 0. The van der Waals surface area contributed by atoms with Crippen molar-refractivity contribution < 1.29 is 4.79 Å². The smallest absolute Gasteiger partial charge is 0.194 e. The van der Waals surface area contributed by atoms with E-state index in [9.17, 15) is 4.79 Å². The van der Waals surface area contributed by atoms with E-state index in [2.05, 4.69) is 31.1 Å². The zero-order valence-electron chi connectivity index (χ0n) is 13.3. The van der Waals surface area contributed by atoms with Crippen LogP contribution >= 0.6 is 0 Å². The summed E-state index contributed by atoms with van der Waals surface area (Å²) in [6, 6.07) is 19.1. The minimum Gasteiger partial charge on any atom is -0.289 e. The van der Waals surface area contributed by atoms with Crippen LogP contribution in [0.2, 0.25) is 19.6 Å². The van der Waals surface area contributed by atoms with Crippen LogP contribution in [0.4, 0.5) is 0 Å². The number of carbonyl (C=O) groups excluding carboxylic acids is 1. The van der Waals surface area contributed by atoms with Gasteiger partial charge >= 0.3 is 0 Å². The molecule has 2 rings (SSSR count). The van der Waals surface area contributed by atoms with E-state index in [0.717, 1.165) is 5.56 Å². The van der Waals surface area contributed by atoms with Crippen molar-refractivity contribution in [3.63, 3.8) is 0 Å². The Labute approximate surface area is 133 Å². The quantitative estimate of drug-likeness (QED) is 0.343. The largest absolute Gasteiger partial charge is 0.289 e. The van der Waals surface area contributed by atoms with Gasteiger partial charge in [0.15, 0.2) is 5.78 Å². The summed E-state index contributed by atoms with van der Waals surface area (Å²) in [6.45, 7) is 6.57. The number of hydrogen-bond donors (Lipinski definition) is 0. The Morgan fingerprint density at radius 1 is 0.864 bits per heavy atom. The van der Waals surface area contributed by atoms with Crippen molar-refractivity contribution in [3.05, 3.63) is 77.9 Å². The summed E-state index contributed by atoms with van der Waals surface area (Å²) < 4.78 is 0. The molecule has 0 N–H and O–H groups in total. The van der Waals surface area contributed by atoms with Crippen LogP contribution in [0.5, 0.6) is 0 Å². The molecule has 22 heavy (non-hydrogen) atoms. The highest BCUT2D eigenvalue weighted by Gasteiger charge is 2.13. The van der Waals surface area contributed by atoms with Gasteiger partial charge in [-0.05, 0) is 11.6 Å². The van der Waals surface area contributed by atoms with Crippen LogP contribution in [0.3, 0.4) is 0 Å². The van der Waals surface area contributed by atoms with Gasteiger partial charge in [-0.3, -0.25) is 4.79 Å². The number of benzene rings is 2. The molecule has 2 heteroatoms. The molecule has 0 saturated carbocycles. The highest BCUT2D eigenvalue weighted by Crippen LogP contribution is 2.19. The second-order valence-corrected chi connectivity index (χ2v) is 10.9. The monoisotopic (exact) mass is 304 g/mol. The average Bonchev–Trinajstić information content (AvgIpc) is 2.52. The maximum Gasteiger partial charge on any atom is 0.194 e. The van der Waals surface area contributed by atoms with Crippen molar-refractivity contribution in [2.75, 3.05) is 0 Å². The molecule has 0 amide bonds. The predicted octanol–water partition coefficient (Wildman–Crippen LogP) is 4.83. The first-order valence-corrected chi connectivity index (χ1v) is 10.9. The van der Waals surface area contributed by atoms with E-state index in [1.807, 2.05) is 60.7 Å². The first-order valence-electron chi connectivity index (χ1n) is 7.35. The van der Waals surface area contributed by atoms with Crippen LogP contribution < -0.4 is 0 Å². The Bertz CT molecular complexity index is 726. The van der Waals surface area contributed by atoms with Gasteiger partial charge < -0.3 is 0 Å². The molecule has 0 spiro atoms. The van der Waals surface area contributed by atoms with Gasteiger partial charge in [0.2, 0.25) is 0 Å². The van der Waals surface area contributed by atoms with E-state index in [1.54, 1.807) is 6.08 Å². The van der Waals surface area contributed by atoms with Crippen molar-refractivity contribution >= 4 is 19.4 Å². The van der Waals surface area contributed by atoms with E-state index in [0.29, 0.717) is 11.1 Å². The van der Waals surface area contributed by atoms with Gasteiger partial charge in [0.25, 0.3) is 0 Å².